The molecule has 40 heavy (non-hydrogen) atoms. The molecule has 3 aromatic rings. The highest BCUT2D eigenvalue weighted by molar-refractivity contribution is 7.20. The van der Waals surface area contributed by atoms with Gasteiger partial charge in [0.05, 0.1) is 16.3 Å². The maximum Gasteiger partial charge on any atom is 0.327 e. The summed E-state index contributed by atoms with van der Waals surface area (Å²) in [4.78, 5) is 54.0. The summed E-state index contributed by atoms with van der Waals surface area (Å²) in [6.45, 7) is 2.76. The first-order chi connectivity index (χ1) is 19.3. The van der Waals surface area contributed by atoms with Gasteiger partial charge in [0.25, 0.3) is 0 Å². The van der Waals surface area contributed by atoms with E-state index in [0.29, 0.717) is 24.9 Å². The number of aromatic nitrogens is 1. The molecule has 0 saturated carbocycles. The number of likely N-dealkylation sites (N-methyl/N-ethyl adjacent to an activating group) is 1. The highest BCUT2D eigenvalue weighted by Gasteiger charge is 2.42. The fourth-order valence-corrected chi connectivity index (χ4v) is 6.01. The summed E-state index contributed by atoms with van der Waals surface area (Å²) in [5, 5.41) is 3.34. The Hall–Kier alpha value is -3.83. The third kappa shape index (κ3) is 6.83. The number of ketones is 1. The van der Waals surface area contributed by atoms with Gasteiger partial charge in [0, 0.05) is 19.1 Å². The van der Waals surface area contributed by atoms with Gasteiger partial charge in [-0.25, -0.2) is 9.78 Å². The second kappa shape index (κ2) is 13.5. The molecule has 2 heterocycles. The summed E-state index contributed by atoms with van der Waals surface area (Å²) < 4.78 is 0.861. The van der Waals surface area contributed by atoms with Crippen molar-refractivity contribution in [3.63, 3.8) is 0 Å². The zero-order chi connectivity index (χ0) is 28.6. The van der Waals surface area contributed by atoms with Crippen LogP contribution in [0.25, 0.3) is 10.2 Å². The molecule has 4 rings (SSSR count). The second-order valence-electron chi connectivity index (χ2n) is 10.0. The lowest BCUT2D eigenvalue weighted by molar-refractivity contribution is -0.132. The number of Topliss-reactive ketones (excluding diaryl/α,β-unsaturated/α-hetero) is 1. The average molecular weight is 564 g/mol. The van der Waals surface area contributed by atoms with Crippen molar-refractivity contribution in [3.8, 4) is 0 Å². The van der Waals surface area contributed by atoms with E-state index in [2.05, 4.69) is 15.3 Å². The van der Waals surface area contributed by atoms with Crippen molar-refractivity contribution < 1.29 is 14.4 Å². The lowest BCUT2D eigenvalue weighted by atomic mass is 10.0. The van der Waals surface area contributed by atoms with E-state index in [1.54, 1.807) is 11.9 Å². The molecular weight excluding hydrogens is 526 g/mol. The number of likely N-dealkylation sites (tertiary alicyclic amines) is 1. The Labute approximate surface area is 238 Å². The van der Waals surface area contributed by atoms with Crippen LogP contribution in [-0.4, -0.2) is 76.7 Å². The zero-order valence-corrected chi connectivity index (χ0v) is 23.8. The van der Waals surface area contributed by atoms with Crippen LogP contribution in [0, 0.1) is 0 Å². The van der Waals surface area contributed by atoms with Gasteiger partial charge >= 0.3 is 6.03 Å². The van der Waals surface area contributed by atoms with Gasteiger partial charge in [0.2, 0.25) is 11.7 Å². The quantitative estimate of drug-likeness (QED) is 0.141. The lowest BCUT2D eigenvalue weighted by Crippen LogP contribution is -2.59. The van der Waals surface area contributed by atoms with Crippen LogP contribution in [0.3, 0.4) is 0 Å². The van der Waals surface area contributed by atoms with Crippen molar-refractivity contribution in [2.45, 2.75) is 57.2 Å². The van der Waals surface area contributed by atoms with Gasteiger partial charge in [-0.05, 0) is 63.8 Å². The molecule has 212 valence electrons. The number of imide groups is 1. The summed E-state index contributed by atoms with van der Waals surface area (Å²) >= 11 is 1.26. The van der Waals surface area contributed by atoms with Crippen LogP contribution in [-0.2, 0) is 11.2 Å². The number of fused-ring (bicyclic) bond motifs is 1. The number of hydrogen-bond acceptors (Lipinski definition) is 7. The number of para-hydroxylation sites is 1. The number of carbonyl (C=O) groups excluding carboxylic acids is 3. The van der Waals surface area contributed by atoms with Crippen molar-refractivity contribution >= 4 is 45.2 Å². The average Bonchev–Trinajstić information content (AvgIpc) is 3.59. The summed E-state index contributed by atoms with van der Waals surface area (Å²) in [5.41, 5.74) is 12.7. The fraction of sp³-hybridized carbons (Fsp3) is 0.414. The van der Waals surface area contributed by atoms with Crippen LogP contribution in [0.2, 0.25) is 0 Å². The van der Waals surface area contributed by atoms with E-state index in [4.69, 9.17) is 11.5 Å². The van der Waals surface area contributed by atoms with Crippen LogP contribution in [0.15, 0.2) is 59.6 Å². The third-order valence-corrected chi connectivity index (χ3v) is 8.27. The first-order valence-corrected chi connectivity index (χ1v) is 14.4. The molecule has 1 unspecified atom stereocenters. The first kappa shape index (κ1) is 29.2. The molecule has 5 N–H and O–H groups in total. The summed E-state index contributed by atoms with van der Waals surface area (Å²) in [6, 6.07) is 14.8. The normalized spacial score (nSPS) is 16.4. The first-order valence-electron chi connectivity index (χ1n) is 13.6. The van der Waals surface area contributed by atoms with Gasteiger partial charge in [0.1, 0.15) is 6.04 Å². The van der Waals surface area contributed by atoms with Gasteiger partial charge in [-0.15, -0.1) is 11.3 Å². The molecule has 0 aliphatic carbocycles. The van der Waals surface area contributed by atoms with E-state index >= 15 is 0 Å². The Morgan fingerprint density at radius 1 is 1.15 bits per heavy atom. The number of nitrogens with two attached hydrogens (primary N) is 2. The Morgan fingerprint density at radius 3 is 2.52 bits per heavy atom. The van der Waals surface area contributed by atoms with Crippen molar-refractivity contribution in [1.82, 2.24) is 20.1 Å². The monoisotopic (exact) mass is 563 g/mol. The van der Waals surface area contributed by atoms with Crippen molar-refractivity contribution in [2.24, 2.45) is 16.5 Å². The highest BCUT2D eigenvalue weighted by Crippen LogP contribution is 2.27. The number of aliphatic imine (C=N–C) groups is 1. The van der Waals surface area contributed by atoms with Crippen LogP contribution in [0.5, 0.6) is 0 Å². The van der Waals surface area contributed by atoms with E-state index in [1.165, 1.54) is 16.2 Å². The van der Waals surface area contributed by atoms with Gasteiger partial charge in [-0.1, -0.05) is 42.5 Å². The van der Waals surface area contributed by atoms with Gasteiger partial charge in [-0.2, -0.15) is 0 Å². The van der Waals surface area contributed by atoms with Crippen LogP contribution in [0.4, 0.5) is 4.79 Å². The SMILES string of the molecule is CN[C@H](Cc1ccccc1)C(=O)N(C(=O)N1CCC[C@H]1C)C(CCCN=C(N)N)C(=O)c1nc2ccccc2s1. The van der Waals surface area contributed by atoms with Gasteiger partial charge in [0.15, 0.2) is 11.0 Å². The number of nitrogens with one attached hydrogen (secondary N) is 1. The smallest absolute Gasteiger partial charge is 0.327 e. The number of amides is 3. The van der Waals surface area contributed by atoms with E-state index in [-0.39, 0.29) is 35.8 Å². The molecule has 1 aliphatic rings. The molecule has 10 nitrogen and oxygen atoms in total. The van der Waals surface area contributed by atoms with E-state index in [1.807, 2.05) is 61.5 Å². The Kier molecular flexibility index (Phi) is 9.84. The van der Waals surface area contributed by atoms with Crippen molar-refractivity contribution in [1.29, 1.82) is 0 Å². The fourth-order valence-electron chi connectivity index (χ4n) is 5.06. The number of benzene rings is 2. The molecule has 1 aromatic heterocycles. The highest BCUT2D eigenvalue weighted by atomic mass is 32.1. The summed E-state index contributed by atoms with van der Waals surface area (Å²) in [6.07, 6.45) is 2.65. The number of guanidine groups is 1. The number of rotatable bonds is 11. The maximum absolute atomic E-state index is 14.3. The number of nitrogens with zero attached hydrogens (tertiary/aromatic N) is 4. The molecular formula is C29H37N7O3S. The second-order valence-corrected chi connectivity index (χ2v) is 11.1. The summed E-state index contributed by atoms with van der Waals surface area (Å²) in [5.74, 6) is -0.868. The van der Waals surface area contributed by atoms with E-state index in [9.17, 15) is 14.4 Å². The minimum absolute atomic E-state index is 0.0372. The number of carbonyl (C=O) groups is 3. The predicted molar refractivity (Wildman–Crippen MR) is 158 cm³/mol. The predicted octanol–water partition coefficient (Wildman–Crippen LogP) is 3.16. The lowest BCUT2D eigenvalue weighted by Gasteiger charge is -2.36. The van der Waals surface area contributed by atoms with Crippen LogP contribution in [0.1, 0.15) is 48.0 Å². The molecule has 1 aliphatic heterocycles. The largest absolute Gasteiger partial charge is 0.370 e. The zero-order valence-electron chi connectivity index (χ0n) is 23.0. The number of hydrogen-bond donors (Lipinski definition) is 3. The van der Waals surface area contributed by atoms with Crippen molar-refractivity contribution in [2.75, 3.05) is 20.1 Å². The minimum Gasteiger partial charge on any atom is -0.370 e. The number of thiazole rings is 1. The Bertz CT molecular complexity index is 1320. The Morgan fingerprint density at radius 2 is 1.88 bits per heavy atom. The molecule has 1 fully saturated rings. The molecule has 0 spiro atoms. The van der Waals surface area contributed by atoms with Crippen LogP contribution >= 0.6 is 11.3 Å². The third-order valence-electron chi connectivity index (χ3n) is 7.22. The molecule has 0 bridgehead atoms. The van der Waals surface area contributed by atoms with Gasteiger partial charge in [-0.3, -0.25) is 19.5 Å². The van der Waals surface area contributed by atoms with Crippen LogP contribution < -0.4 is 16.8 Å². The van der Waals surface area contributed by atoms with Gasteiger partial charge < -0.3 is 21.7 Å². The van der Waals surface area contributed by atoms with E-state index < -0.39 is 24.0 Å². The minimum atomic E-state index is -1.06. The molecule has 3 atom stereocenters. The Balaban J connectivity index is 1.73. The molecule has 11 heteroatoms. The van der Waals surface area contributed by atoms with E-state index in [0.717, 1.165) is 23.1 Å². The molecule has 0 radical (unpaired) electrons. The standard InChI is InChI=1S/C29H37N7O3S/c1-19-10-9-17-35(19)29(39)36(27(38)22(32-2)18-20-11-4-3-5-12-20)23(14-8-16-33-28(30)31)25(37)26-34-21-13-6-7-15-24(21)40-26/h3-7,11-13,15,19,22-23,32H,8-10,14,16-18H2,1-2H3,(H4,30,31,33)/t19-,22-,23?/m1/s1. The topological polar surface area (TPSA) is 147 Å². The maximum atomic E-state index is 14.3. The summed E-state index contributed by atoms with van der Waals surface area (Å²) in [7, 11) is 1.69. The molecule has 1 saturated heterocycles. The number of urea groups is 1. The molecule has 3 amide bonds. The molecule has 2 aromatic carbocycles. The van der Waals surface area contributed by atoms with Crippen molar-refractivity contribution in [3.05, 3.63) is 65.2 Å².